The number of carbonyl (C=O) groups is 2. The molecule has 1 amide bonds. The van der Waals surface area contributed by atoms with Crippen LogP contribution in [0.25, 0.3) is 0 Å². The highest BCUT2D eigenvalue weighted by molar-refractivity contribution is 9.10. The molecule has 1 rings (SSSR count). The fraction of sp³-hybridized carbons (Fsp3) is 0.429. The predicted octanol–water partition coefficient (Wildman–Crippen LogP) is 2.61. The largest absolute Gasteiger partial charge is 0.468 e. The molecule has 0 N–H and O–H groups in total. The zero-order valence-electron chi connectivity index (χ0n) is 11.4. The van der Waals surface area contributed by atoms with Crippen LogP contribution >= 0.6 is 15.9 Å². The second-order valence-corrected chi connectivity index (χ2v) is 5.22. The molecule has 0 fully saturated rings. The van der Waals surface area contributed by atoms with Crippen molar-refractivity contribution in [1.29, 1.82) is 0 Å². The third-order valence-corrected chi connectivity index (χ3v) is 3.37. The lowest BCUT2D eigenvalue weighted by Crippen LogP contribution is -2.36. The third kappa shape index (κ3) is 4.35. The average Bonchev–Trinajstić information content (AvgIpc) is 2.39. The summed E-state index contributed by atoms with van der Waals surface area (Å²) in [7, 11) is 2.99. The van der Waals surface area contributed by atoms with E-state index < -0.39 is 11.9 Å². The number of hydrogen-bond acceptors (Lipinski definition) is 3. The van der Waals surface area contributed by atoms with E-state index in [1.54, 1.807) is 18.9 Å². The average molecular weight is 328 g/mol. The number of hydrogen-bond donors (Lipinski definition) is 0. The Kier molecular flexibility index (Phi) is 6.02. The van der Waals surface area contributed by atoms with Crippen molar-refractivity contribution < 1.29 is 14.3 Å². The Morgan fingerprint density at radius 1 is 1.42 bits per heavy atom. The first kappa shape index (κ1) is 15.7. The molecule has 0 aromatic heterocycles. The van der Waals surface area contributed by atoms with E-state index in [1.165, 1.54) is 7.11 Å². The van der Waals surface area contributed by atoms with E-state index >= 15 is 0 Å². The van der Waals surface area contributed by atoms with E-state index in [4.69, 9.17) is 0 Å². The molecule has 0 saturated heterocycles. The van der Waals surface area contributed by atoms with Crippen LogP contribution < -0.4 is 0 Å². The van der Waals surface area contributed by atoms with Gasteiger partial charge in [-0.1, -0.05) is 35.0 Å². The highest BCUT2D eigenvalue weighted by atomic mass is 79.9. The van der Waals surface area contributed by atoms with Gasteiger partial charge in [0.2, 0.25) is 5.91 Å². The van der Waals surface area contributed by atoms with E-state index in [9.17, 15) is 9.59 Å². The molecule has 0 aliphatic rings. The van der Waals surface area contributed by atoms with Gasteiger partial charge < -0.3 is 9.64 Å². The maximum atomic E-state index is 12.2. The van der Waals surface area contributed by atoms with Crippen molar-refractivity contribution in [2.45, 2.75) is 19.9 Å². The van der Waals surface area contributed by atoms with E-state index in [1.807, 2.05) is 24.3 Å². The molecule has 0 bridgehead atoms. The van der Waals surface area contributed by atoms with E-state index in [2.05, 4.69) is 20.7 Å². The first-order valence-corrected chi connectivity index (χ1v) is 6.86. The molecule has 1 unspecified atom stereocenters. The van der Waals surface area contributed by atoms with Crippen LogP contribution in [0.15, 0.2) is 28.7 Å². The second-order valence-electron chi connectivity index (χ2n) is 4.31. The number of halogens is 1. The van der Waals surface area contributed by atoms with Gasteiger partial charge >= 0.3 is 5.97 Å². The van der Waals surface area contributed by atoms with Gasteiger partial charge in [0, 0.05) is 18.1 Å². The maximum absolute atomic E-state index is 12.2. The number of esters is 1. The summed E-state index contributed by atoms with van der Waals surface area (Å²) in [4.78, 5) is 25.2. The predicted molar refractivity (Wildman–Crippen MR) is 76.4 cm³/mol. The molecular formula is C14H18BrNO3. The van der Waals surface area contributed by atoms with Crippen LogP contribution in [-0.2, 0) is 20.9 Å². The number of methoxy groups -OCH3 is 1. The van der Waals surface area contributed by atoms with Crippen molar-refractivity contribution in [3.8, 4) is 0 Å². The minimum absolute atomic E-state index is 0.214. The molecule has 5 heteroatoms. The quantitative estimate of drug-likeness (QED) is 0.617. The topological polar surface area (TPSA) is 46.6 Å². The number of benzene rings is 1. The van der Waals surface area contributed by atoms with Crippen LogP contribution in [0.3, 0.4) is 0 Å². The number of ether oxygens (including phenoxy) is 1. The van der Waals surface area contributed by atoms with E-state index in [0.29, 0.717) is 13.0 Å². The number of amides is 1. The lowest BCUT2D eigenvalue weighted by molar-refractivity contribution is -0.153. The summed E-state index contributed by atoms with van der Waals surface area (Å²) in [6, 6.07) is 7.72. The molecule has 1 aromatic carbocycles. The smallest absolute Gasteiger partial charge is 0.318 e. The second kappa shape index (κ2) is 7.28. The summed E-state index contributed by atoms with van der Waals surface area (Å²) in [5, 5.41) is 0. The molecule has 4 nitrogen and oxygen atoms in total. The van der Waals surface area contributed by atoms with Gasteiger partial charge in [0.15, 0.2) is 0 Å². The summed E-state index contributed by atoms with van der Waals surface area (Å²) >= 11 is 3.39. The summed E-state index contributed by atoms with van der Waals surface area (Å²) in [5.41, 5.74) is 1.00. The molecule has 0 saturated carbocycles. The van der Waals surface area contributed by atoms with Crippen molar-refractivity contribution in [2.75, 3.05) is 14.2 Å². The first-order valence-electron chi connectivity index (χ1n) is 6.06. The van der Waals surface area contributed by atoms with Crippen LogP contribution in [0.2, 0.25) is 0 Å². The Bertz CT molecular complexity index is 462. The Labute approximate surface area is 121 Å². The Balaban J connectivity index is 2.74. The zero-order chi connectivity index (χ0) is 14.4. The molecule has 0 heterocycles. The summed E-state index contributed by atoms with van der Waals surface area (Å²) < 4.78 is 5.61. The lowest BCUT2D eigenvalue weighted by atomic mass is 10.1. The number of nitrogens with zero attached hydrogens (tertiary/aromatic N) is 1. The zero-order valence-corrected chi connectivity index (χ0v) is 12.9. The maximum Gasteiger partial charge on any atom is 0.318 e. The molecule has 0 radical (unpaired) electrons. The van der Waals surface area contributed by atoms with Crippen LogP contribution in [0, 0.1) is 5.92 Å². The van der Waals surface area contributed by atoms with Crippen molar-refractivity contribution in [3.05, 3.63) is 34.3 Å². The minimum atomic E-state index is -0.720. The van der Waals surface area contributed by atoms with Crippen LogP contribution in [0.1, 0.15) is 18.9 Å². The van der Waals surface area contributed by atoms with Crippen LogP contribution in [-0.4, -0.2) is 30.9 Å². The summed E-state index contributed by atoms with van der Waals surface area (Å²) in [6.45, 7) is 2.26. The number of carbonyl (C=O) groups excluding carboxylic acids is 2. The van der Waals surface area contributed by atoms with Crippen molar-refractivity contribution >= 4 is 27.8 Å². The lowest BCUT2D eigenvalue weighted by Gasteiger charge is -2.21. The molecule has 0 spiro atoms. The van der Waals surface area contributed by atoms with Gasteiger partial charge in [-0.25, -0.2) is 0 Å². The van der Waals surface area contributed by atoms with Gasteiger partial charge in [-0.2, -0.15) is 0 Å². The van der Waals surface area contributed by atoms with E-state index in [-0.39, 0.29) is 5.91 Å². The third-order valence-electron chi connectivity index (χ3n) is 2.88. The Hall–Kier alpha value is -1.36. The highest BCUT2D eigenvalue weighted by Gasteiger charge is 2.28. The molecule has 1 atom stereocenters. The fourth-order valence-corrected chi connectivity index (χ4v) is 2.28. The minimum Gasteiger partial charge on any atom is -0.468 e. The van der Waals surface area contributed by atoms with Gasteiger partial charge in [0.1, 0.15) is 5.92 Å². The Morgan fingerprint density at radius 3 is 2.63 bits per heavy atom. The summed E-state index contributed by atoms with van der Waals surface area (Å²) in [5.74, 6) is -1.41. The van der Waals surface area contributed by atoms with Crippen molar-refractivity contribution in [1.82, 2.24) is 4.90 Å². The molecule has 0 aliphatic heterocycles. The number of rotatable bonds is 5. The van der Waals surface area contributed by atoms with E-state index in [0.717, 1.165) is 10.0 Å². The first-order chi connectivity index (χ1) is 8.99. The van der Waals surface area contributed by atoms with Gasteiger partial charge in [-0.15, -0.1) is 0 Å². The fourth-order valence-electron chi connectivity index (χ4n) is 1.84. The Morgan fingerprint density at radius 2 is 2.11 bits per heavy atom. The van der Waals surface area contributed by atoms with Gasteiger partial charge in [0.25, 0.3) is 0 Å². The normalized spacial score (nSPS) is 11.8. The molecule has 104 valence electrons. The molecular weight excluding hydrogens is 310 g/mol. The van der Waals surface area contributed by atoms with Crippen molar-refractivity contribution in [3.63, 3.8) is 0 Å². The van der Waals surface area contributed by atoms with Crippen LogP contribution in [0.5, 0.6) is 0 Å². The molecule has 1 aromatic rings. The summed E-state index contributed by atoms with van der Waals surface area (Å²) in [6.07, 6.45) is 0.439. The standard InChI is InChI=1S/C14H18BrNO3/c1-4-12(14(18)19-3)13(17)16(2)9-10-6-5-7-11(15)8-10/h5-8,12H,4,9H2,1-3H3. The highest BCUT2D eigenvalue weighted by Crippen LogP contribution is 2.15. The van der Waals surface area contributed by atoms with Crippen LogP contribution in [0.4, 0.5) is 0 Å². The monoisotopic (exact) mass is 327 g/mol. The molecule has 19 heavy (non-hydrogen) atoms. The van der Waals surface area contributed by atoms with Crippen molar-refractivity contribution in [2.24, 2.45) is 5.92 Å². The SMILES string of the molecule is CCC(C(=O)OC)C(=O)N(C)Cc1cccc(Br)c1. The molecule has 0 aliphatic carbocycles. The van der Waals surface area contributed by atoms with Gasteiger partial charge in [0.05, 0.1) is 7.11 Å². The van der Waals surface area contributed by atoms with Gasteiger partial charge in [-0.05, 0) is 24.1 Å². The van der Waals surface area contributed by atoms with Gasteiger partial charge in [-0.3, -0.25) is 9.59 Å².